The first kappa shape index (κ1) is 21.7. The highest BCUT2D eigenvalue weighted by Crippen LogP contribution is 2.28. The molecule has 2 rings (SSSR count). The quantitative estimate of drug-likeness (QED) is 0.643. The number of nitrogens with zero attached hydrogens (tertiary/aromatic N) is 7. The summed E-state index contributed by atoms with van der Waals surface area (Å²) in [4.78, 5) is 0. The van der Waals surface area contributed by atoms with Crippen LogP contribution in [0, 0.1) is 96.8 Å². The Balaban J connectivity index is 3.29. The van der Waals surface area contributed by atoms with E-state index < -0.39 is 56.1 Å². The Morgan fingerprint density at radius 3 is 1.52 bits per heavy atom. The topological polar surface area (TPSA) is 167 Å². The largest absolute Gasteiger partial charge is 0.205 e. The smallest absolute Gasteiger partial charge is 0.178 e. The molecule has 0 fully saturated rings. The molecule has 2 aromatic rings. The van der Waals surface area contributed by atoms with E-state index in [9.17, 15) is 29.0 Å². The zero-order valence-electron chi connectivity index (χ0n) is 14.9. The summed E-state index contributed by atoms with van der Waals surface area (Å²) in [6, 6.07) is 11.8. The van der Waals surface area contributed by atoms with Gasteiger partial charge in [0.15, 0.2) is 17.5 Å². The van der Waals surface area contributed by atoms with Crippen LogP contribution < -0.4 is 10.4 Å². The molecule has 0 saturated heterocycles. The van der Waals surface area contributed by atoms with Crippen LogP contribution in [0.2, 0.25) is 0 Å². The van der Waals surface area contributed by atoms with E-state index in [0.717, 1.165) is 18.2 Å². The van der Waals surface area contributed by atoms with E-state index in [2.05, 4.69) is 0 Å². The van der Waals surface area contributed by atoms with Crippen molar-refractivity contribution >= 4 is 11.1 Å². The van der Waals surface area contributed by atoms with Crippen molar-refractivity contribution in [2.75, 3.05) is 0 Å². The predicted molar refractivity (Wildman–Crippen MR) is 93.6 cm³/mol. The van der Waals surface area contributed by atoms with Crippen molar-refractivity contribution in [3.63, 3.8) is 0 Å². The summed E-state index contributed by atoms with van der Waals surface area (Å²) in [6.45, 7) is 0. The maximum Gasteiger partial charge on any atom is 0.178 e. The lowest BCUT2D eigenvalue weighted by Gasteiger charge is -2.09. The third-order valence-electron chi connectivity index (χ3n) is 4.07. The molecule has 0 aromatic heterocycles. The minimum atomic E-state index is -1.95. The van der Waals surface area contributed by atoms with Crippen LogP contribution in [0.4, 0.5) is 13.2 Å². The van der Waals surface area contributed by atoms with E-state index in [0.29, 0.717) is 0 Å². The standard InChI is InChI=1S/C21H2F3N7/c22-19-16(8-30)17(9-31)20(23)21(24)18(19)15(7-29)14-2-10(3-25)13(1-11(14)4-26)12(5-27)6-28/h1-2H/b15-14-. The third kappa shape index (κ3) is 3.36. The lowest BCUT2D eigenvalue weighted by molar-refractivity contribution is 0.488. The molecule has 0 N–H and O–H groups in total. The summed E-state index contributed by atoms with van der Waals surface area (Å²) >= 11 is 0. The van der Waals surface area contributed by atoms with Gasteiger partial charge >= 0.3 is 0 Å². The van der Waals surface area contributed by atoms with E-state index in [1.165, 1.54) is 24.3 Å². The minimum absolute atomic E-state index is 0.255. The molecule has 2 aromatic carbocycles. The van der Waals surface area contributed by atoms with Gasteiger partial charge in [-0.15, -0.1) is 0 Å². The minimum Gasteiger partial charge on any atom is -0.205 e. The van der Waals surface area contributed by atoms with Crippen LogP contribution in [0.15, 0.2) is 12.1 Å². The summed E-state index contributed by atoms with van der Waals surface area (Å²) in [5.74, 6) is -5.52. The molecule has 0 aliphatic rings. The SMILES string of the molecule is N#CC(C#N)=c1cc(C#N)/c(=C(/C#N)c2c(F)c(F)c(C#N)c(C#N)c2F)cc1C#N. The Bertz CT molecular complexity index is 1570. The predicted octanol–water partition coefficient (Wildman–Crippen LogP) is 1.51. The molecule has 0 saturated carbocycles. The van der Waals surface area contributed by atoms with E-state index in [1.807, 2.05) is 0 Å². The van der Waals surface area contributed by atoms with E-state index in [4.69, 9.17) is 21.0 Å². The molecule has 31 heavy (non-hydrogen) atoms. The molecule has 10 heteroatoms. The van der Waals surface area contributed by atoms with Gasteiger partial charge in [0.1, 0.15) is 47.0 Å². The Labute approximate surface area is 172 Å². The molecule has 0 bridgehead atoms. The Hall–Kier alpha value is -5.60. The molecular formula is C21H2F3N7. The van der Waals surface area contributed by atoms with E-state index in [1.54, 1.807) is 12.1 Å². The number of halogens is 3. The first-order chi connectivity index (χ1) is 14.8. The Kier molecular flexibility index (Phi) is 6.02. The fraction of sp³-hybridized carbons (Fsp3) is 0. The molecule has 0 radical (unpaired) electrons. The van der Waals surface area contributed by atoms with Crippen LogP contribution in [0.3, 0.4) is 0 Å². The summed E-state index contributed by atoms with van der Waals surface area (Å²) in [5, 5.41) is 63.5. The van der Waals surface area contributed by atoms with E-state index >= 15 is 0 Å². The lowest BCUT2D eigenvalue weighted by Crippen LogP contribution is -2.22. The Morgan fingerprint density at radius 2 is 1.06 bits per heavy atom. The summed E-state index contributed by atoms with van der Waals surface area (Å²) in [7, 11) is 0. The van der Waals surface area contributed by atoms with Crippen molar-refractivity contribution < 1.29 is 13.2 Å². The zero-order valence-corrected chi connectivity index (χ0v) is 14.9. The zero-order chi connectivity index (χ0) is 23.3. The molecule has 0 aliphatic heterocycles. The molecule has 0 spiro atoms. The molecule has 0 unspecified atom stereocenters. The summed E-state index contributed by atoms with van der Waals surface area (Å²) < 4.78 is 43.7. The third-order valence-corrected chi connectivity index (χ3v) is 4.07. The number of benzene rings is 2. The van der Waals surface area contributed by atoms with Crippen molar-refractivity contribution in [2.24, 2.45) is 0 Å². The van der Waals surface area contributed by atoms with Crippen LogP contribution in [-0.4, -0.2) is 0 Å². The van der Waals surface area contributed by atoms with Gasteiger partial charge in [0, 0.05) is 10.4 Å². The fourth-order valence-corrected chi connectivity index (χ4v) is 2.68. The van der Waals surface area contributed by atoms with Gasteiger partial charge in [-0.05, 0) is 12.1 Å². The second kappa shape index (κ2) is 8.61. The molecule has 0 heterocycles. The van der Waals surface area contributed by atoms with Gasteiger partial charge in [0.05, 0.1) is 34.4 Å². The van der Waals surface area contributed by atoms with Crippen LogP contribution >= 0.6 is 0 Å². The fourth-order valence-electron chi connectivity index (χ4n) is 2.68. The van der Waals surface area contributed by atoms with Gasteiger partial charge in [-0.3, -0.25) is 0 Å². The van der Waals surface area contributed by atoms with Crippen molar-refractivity contribution in [3.05, 3.63) is 67.8 Å². The first-order valence-corrected chi connectivity index (χ1v) is 7.79. The number of rotatable bonds is 1. The van der Waals surface area contributed by atoms with Crippen LogP contribution in [0.5, 0.6) is 0 Å². The van der Waals surface area contributed by atoms with Crippen LogP contribution in [0.25, 0.3) is 11.1 Å². The summed E-state index contributed by atoms with van der Waals surface area (Å²) in [6.07, 6.45) is 0. The van der Waals surface area contributed by atoms with Gasteiger partial charge in [0.2, 0.25) is 0 Å². The van der Waals surface area contributed by atoms with Crippen molar-refractivity contribution in [1.82, 2.24) is 0 Å². The second-order valence-electron chi connectivity index (χ2n) is 5.54. The normalized spacial score (nSPS) is 10.1. The molecule has 0 amide bonds. The van der Waals surface area contributed by atoms with Crippen molar-refractivity contribution in [1.29, 1.82) is 36.8 Å². The maximum atomic E-state index is 14.8. The molecule has 142 valence electrons. The molecule has 0 atom stereocenters. The highest BCUT2D eigenvalue weighted by molar-refractivity contribution is 5.81. The average Bonchev–Trinajstić information content (AvgIpc) is 2.79. The molecular weight excluding hydrogens is 407 g/mol. The second-order valence-corrected chi connectivity index (χ2v) is 5.54. The van der Waals surface area contributed by atoms with Crippen LogP contribution in [-0.2, 0) is 0 Å². The maximum absolute atomic E-state index is 14.8. The van der Waals surface area contributed by atoms with Gasteiger partial charge < -0.3 is 0 Å². The first-order valence-electron chi connectivity index (χ1n) is 7.79. The van der Waals surface area contributed by atoms with E-state index in [-0.39, 0.29) is 10.8 Å². The van der Waals surface area contributed by atoms with Gasteiger partial charge in [0.25, 0.3) is 0 Å². The molecule has 0 aliphatic carbocycles. The average molecular weight is 409 g/mol. The number of hydrogen-bond acceptors (Lipinski definition) is 7. The summed E-state index contributed by atoms with van der Waals surface area (Å²) in [5.41, 5.74) is -5.98. The monoisotopic (exact) mass is 409 g/mol. The van der Waals surface area contributed by atoms with Gasteiger partial charge in [-0.25, -0.2) is 13.2 Å². The van der Waals surface area contributed by atoms with Crippen molar-refractivity contribution in [3.8, 4) is 42.5 Å². The highest BCUT2D eigenvalue weighted by atomic mass is 19.2. The number of hydrogen-bond donors (Lipinski definition) is 0. The van der Waals surface area contributed by atoms with Gasteiger partial charge in [-0.1, -0.05) is 0 Å². The molecule has 7 nitrogen and oxygen atoms in total. The van der Waals surface area contributed by atoms with Crippen molar-refractivity contribution in [2.45, 2.75) is 0 Å². The lowest BCUT2D eigenvalue weighted by atomic mass is 9.94. The highest BCUT2D eigenvalue weighted by Gasteiger charge is 2.28. The Morgan fingerprint density at radius 1 is 0.581 bits per heavy atom. The number of nitriles is 7. The van der Waals surface area contributed by atoms with Gasteiger partial charge in [-0.2, -0.15) is 36.8 Å². The van der Waals surface area contributed by atoms with Crippen LogP contribution in [0.1, 0.15) is 27.8 Å².